The zero-order valence-corrected chi connectivity index (χ0v) is 17.7. The van der Waals surface area contributed by atoms with Crippen LogP contribution in [0.25, 0.3) is 0 Å². The maximum Gasteiger partial charge on any atom is 0.0937 e. The van der Waals surface area contributed by atoms with Gasteiger partial charge >= 0.3 is 0 Å². The molecule has 0 spiro atoms. The molecule has 3 heteroatoms. The molecule has 4 unspecified atom stereocenters. The summed E-state index contributed by atoms with van der Waals surface area (Å²) < 4.78 is -0.977. The fourth-order valence-corrected chi connectivity index (χ4v) is 5.36. The molecule has 140 valence electrons. The monoisotopic (exact) mass is 362 g/mol. The van der Waals surface area contributed by atoms with E-state index >= 15 is 0 Å². The molecule has 0 radical (unpaired) electrons. The molecular weight excluding hydrogens is 328 g/mol. The summed E-state index contributed by atoms with van der Waals surface area (Å²) in [5.74, 6) is 0. The molecule has 2 aliphatic carbocycles. The predicted octanol–water partition coefficient (Wildman–Crippen LogP) is 5.04. The van der Waals surface area contributed by atoms with Gasteiger partial charge in [0.15, 0.2) is 0 Å². The number of aliphatic hydroxyl groups is 2. The van der Waals surface area contributed by atoms with Crippen LogP contribution in [0.2, 0.25) is 0 Å². The Morgan fingerprint density at radius 3 is 1.36 bits per heavy atom. The maximum atomic E-state index is 11.1. The van der Waals surface area contributed by atoms with Crippen LogP contribution >= 0.6 is 11.8 Å². The Morgan fingerprint density at radius 1 is 0.760 bits per heavy atom. The summed E-state index contributed by atoms with van der Waals surface area (Å²) in [4.78, 5) is 0. The lowest BCUT2D eigenvalue weighted by Gasteiger charge is -2.47. The van der Waals surface area contributed by atoms with Crippen LogP contribution in [0, 0.1) is 10.8 Å². The summed E-state index contributed by atoms with van der Waals surface area (Å²) in [5, 5.41) is 22.2. The summed E-state index contributed by atoms with van der Waals surface area (Å²) in [7, 11) is 0. The van der Waals surface area contributed by atoms with Gasteiger partial charge in [-0.25, -0.2) is 0 Å². The molecule has 0 bridgehead atoms. The van der Waals surface area contributed by atoms with Gasteiger partial charge < -0.3 is 10.2 Å². The highest BCUT2D eigenvalue weighted by Gasteiger charge is 2.47. The molecule has 2 N–H and O–H groups in total. The number of aliphatic hydroxyl groups excluding tert-OH is 2. The van der Waals surface area contributed by atoms with Gasteiger partial charge in [-0.2, -0.15) is 0 Å². The molecule has 0 aliphatic heterocycles. The van der Waals surface area contributed by atoms with E-state index in [1.165, 1.54) is 0 Å². The summed E-state index contributed by atoms with van der Waals surface area (Å²) in [5.41, 5.74) is 1.89. The van der Waals surface area contributed by atoms with Gasteiger partial charge in [0.1, 0.15) is 0 Å². The van der Waals surface area contributed by atoms with Crippen LogP contribution in [-0.4, -0.2) is 31.9 Å². The van der Waals surface area contributed by atoms with Gasteiger partial charge in [0.2, 0.25) is 0 Å². The van der Waals surface area contributed by atoms with E-state index in [2.05, 4.69) is 67.5 Å². The zero-order chi connectivity index (χ0) is 19.3. The quantitative estimate of drug-likeness (QED) is 0.723. The van der Waals surface area contributed by atoms with E-state index in [0.717, 1.165) is 11.1 Å². The first kappa shape index (κ1) is 20.5. The predicted molar refractivity (Wildman–Crippen MR) is 110 cm³/mol. The van der Waals surface area contributed by atoms with Gasteiger partial charge in [0.25, 0.3) is 0 Å². The Balaban J connectivity index is 2.33. The van der Waals surface area contributed by atoms with Crippen molar-refractivity contribution in [1.82, 2.24) is 0 Å². The van der Waals surface area contributed by atoms with Gasteiger partial charge in [-0.15, -0.1) is 11.8 Å². The van der Waals surface area contributed by atoms with Gasteiger partial charge in [0, 0.05) is 0 Å². The van der Waals surface area contributed by atoms with Crippen LogP contribution in [0.15, 0.2) is 47.6 Å². The molecule has 0 amide bonds. The third-order valence-corrected chi connectivity index (χ3v) is 6.85. The molecule has 0 saturated heterocycles. The van der Waals surface area contributed by atoms with Crippen LogP contribution in [0.5, 0.6) is 0 Å². The van der Waals surface area contributed by atoms with Crippen molar-refractivity contribution < 1.29 is 10.2 Å². The second-order valence-corrected chi connectivity index (χ2v) is 11.7. The summed E-state index contributed by atoms with van der Waals surface area (Å²) >= 11 is 1.65. The standard InChI is InChI=1S/C22H34O2S/c1-19(2,3)15-11-9-13-21(7,17(15)23)25-22(8)14-10-12-16(18(22)24)20(4,5)6/h9-14,17-18,23-24H,1-8H3. The summed E-state index contributed by atoms with van der Waals surface area (Å²) in [6.07, 6.45) is 11.1. The van der Waals surface area contributed by atoms with Crippen molar-refractivity contribution in [3.05, 3.63) is 47.6 Å². The highest BCUT2D eigenvalue weighted by Crippen LogP contribution is 2.51. The van der Waals surface area contributed by atoms with Crippen LogP contribution < -0.4 is 0 Å². The van der Waals surface area contributed by atoms with Crippen molar-refractivity contribution in [2.24, 2.45) is 10.8 Å². The van der Waals surface area contributed by atoms with E-state index in [1.54, 1.807) is 11.8 Å². The fourth-order valence-electron chi connectivity index (χ4n) is 3.64. The molecule has 25 heavy (non-hydrogen) atoms. The minimum atomic E-state index is -0.580. The lowest BCUT2D eigenvalue weighted by atomic mass is 9.76. The van der Waals surface area contributed by atoms with Crippen molar-refractivity contribution in [2.75, 3.05) is 0 Å². The van der Waals surface area contributed by atoms with E-state index in [4.69, 9.17) is 0 Å². The Hall–Kier alpha value is -0.770. The lowest BCUT2D eigenvalue weighted by molar-refractivity contribution is 0.151. The number of rotatable bonds is 2. The van der Waals surface area contributed by atoms with E-state index in [1.807, 2.05) is 24.3 Å². The second-order valence-electron chi connectivity index (χ2n) is 9.74. The molecule has 0 heterocycles. The first-order chi connectivity index (χ1) is 11.2. The second kappa shape index (κ2) is 6.44. The van der Waals surface area contributed by atoms with Crippen molar-refractivity contribution in [1.29, 1.82) is 0 Å². The molecule has 2 rings (SSSR count). The molecule has 0 saturated carbocycles. The Bertz CT molecular complexity index is 586. The lowest BCUT2D eigenvalue weighted by Crippen LogP contribution is -2.48. The van der Waals surface area contributed by atoms with Crippen molar-refractivity contribution in [2.45, 2.75) is 77.1 Å². The minimum absolute atomic E-state index is 0.0929. The van der Waals surface area contributed by atoms with Crippen LogP contribution in [-0.2, 0) is 0 Å². The first-order valence-corrected chi connectivity index (χ1v) is 9.88. The average molecular weight is 363 g/mol. The van der Waals surface area contributed by atoms with E-state index in [9.17, 15) is 10.2 Å². The third kappa shape index (κ3) is 3.99. The highest BCUT2D eigenvalue weighted by atomic mass is 32.2. The van der Waals surface area contributed by atoms with Crippen LogP contribution in [0.3, 0.4) is 0 Å². The van der Waals surface area contributed by atoms with E-state index in [-0.39, 0.29) is 10.8 Å². The molecule has 0 aromatic rings. The molecule has 0 fully saturated rings. The molecule has 2 aliphatic rings. The smallest absolute Gasteiger partial charge is 0.0937 e. The minimum Gasteiger partial charge on any atom is -0.387 e. The highest BCUT2D eigenvalue weighted by molar-refractivity contribution is 8.02. The normalized spacial score (nSPS) is 36.2. The average Bonchev–Trinajstić information content (AvgIpc) is 2.42. The Kier molecular flexibility index (Phi) is 5.29. The summed E-state index contributed by atoms with van der Waals surface area (Å²) in [6.45, 7) is 16.9. The first-order valence-electron chi connectivity index (χ1n) is 9.07. The molecule has 4 atom stereocenters. The van der Waals surface area contributed by atoms with E-state index < -0.39 is 21.7 Å². The molecular formula is C22H34O2S. The van der Waals surface area contributed by atoms with Crippen LogP contribution in [0.4, 0.5) is 0 Å². The number of hydrogen-bond donors (Lipinski definition) is 2. The summed E-state index contributed by atoms with van der Waals surface area (Å²) in [6, 6.07) is 0. The van der Waals surface area contributed by atoms with Gasteiger partial charge in [-0.1, -0.05) is 78.0 Å². The Morgan fingerprint density at radius 2 is 1.08 bits per heavy atom. The topological polar surface area (TPSA) is 40.5 Å². The van der Waals surface area contributed by atoms with Gasteiger partial charge in [0.05, 0.1) is 21.7 Å². The largest absolute Gasteiger partial charge is 0.387 e. The number of hydrogen-bond acceptors (Lipinski definition) is 3. The SMILES string of the molecule is CC(C)(C)C1=CC=CC(C)(SC2(C)C=CC=C(C(C)(C)C)C2O)C1O. The molecule has 2 nitrogen and oxygen atoms in total. The van der Waals surface area contributed by atoms with Gasteiger partial charge in [-0.05, 0) is 35.8 Å². The maximum absolute atomic E-state index is 11.1. The third-order valence-electron chi connectivity index (χ3n) is 5.25. The number of thioether (sulfide) groups is 1. The van der Waals surface area contributed by atoms with Crippen molar-refractivity contribution in [3.8, 4) is 0 Å². The molecule has 0 aromatic carbocycles. The molecule has 0 aromatic heterocycles. The Labute approximate surface area is 157 Å². The number of allylic oxidation sites excluding steroid dienone is 4. The fraction of sp³-hybridized carbons (Fsp3) is 0.636. The zero-order valence-electron chi connectivity index (χ0n) is 16.9. The van der Waals surface area contributed by atoms with Crippen molar-refractivity contribution >= 4 is 11.8 Å². The van der Waals surface area contributed by atoms with E-state index in [0.29, 0.717) is 0 Å². The van der Waals surface area contributed by atoms with Gasteiger partial charge in [-0.3, -0.25) is 0 Å². The van der Waals surface area contributed by atoms with Crippen LogP contribution in [0.1, 0.15) is 55.4 Å². The van der Waals surface area contributed by atoms with Crippen molar-refractivity contribution in [3.63, 3.8) is 0 Å².